The quantitative estimate of drug-likeness (QED) is 0.737. The van der Waals surface area contributed by atoms with Gasteiger partial charge in [-0.3, -0.25) is 0 Å². The summed E-state index contributed by atoms with van der Waals surface area (Å²) in [6, 6.07) is 0. The van der Waals surface area contributed by atoms with E-state index < -0.39 is 10.4 Å². The van der Waals surface area contributed by atoms with Gasteiger partial charge in [0.25, 0.3) is 0 Å². The Bertz CT molecular complexity index is 324. The third kappa shape index (κ3) is 3.74. The predicted molar refractivity (Wildman–Crippen MR) is 57.6 cm³/mol. The second-order valence-electron chi connectivity index (χ2n) is 6.00. The standard InChI is InChI=1S/C10H20O4S/c1-9(2,3)7-10(4,5)8-6-13-15(11,12)14-8/h8H,6-7H2,1-5H3. The first-order chi connectivity index (χ1) is 6.52. The largest absolute Gasteiger partial charge is 0.400 e. The molecule has 0 N–H and O–H groups in total. The molecule has 4 nitrogen and oxygen atoms in total. The maximum Gasteiger partial charge on any atom is 0.400 e. The Labute approximate surface area is 92.3 Å². The zero-order valence-electron chi connectivity index (χ0n) is 10.0. The minimum absolute atomic E-state index is 0.130. The molecule has 0 aliphatic carbocycles. The van der Waals surface area contributed by atoms with Crippen LogP contribution in [0.2, 0.25) is 0 Å². The van der Waals surface area contributed by atoms with E-state index in [9.17, 15) is 8.42 Å². The summed E-state index contributed by atoms with van der Waals surface area (Å²) in [6.07, 6.45) is 0.505. The van der Waals surface area contributed by atoms with Crippen LogP contribution in [0.5, 0.6) is 0 Å². The summed E-state index contributed by atoms with van der Waals surface area (Å²) in [7, 11) is -3.73. The third-order valence-corrected chi connectivity index (χ3v) is 3.35. The summed E-state index contributed by atoms with van der Waals surface area (Å²) >= 11 is 0. The summed E-state index contributed by atoms with van der Waals surface area (Å²) in [5, 5.41) is 0. The predicted octanol–water partition coefficient (Wildman–Crippen LogP) is 2.11. The fourth-order valence-electron chi connectivity index (χ4n) is 2.18. The molecule has 0 aromatic heterocycles. The van der Waals surface area contributed by atoms with E-state index in [1.807, 2.05) is 13.8 Å². The van der Waals surface area contributed by atoms with Gasteiger partial charge in [0.1, 0.15) is 6.10 Å². The fraction of sp³-hybridized carbons (Fsp3) is 1.00. The Morgan fingerprint density at radius 2 is 1.73 bits per heavy atom. The van der Waals surface area contributed by atoms with Crippen LogP contribution in [0.3, 0.4) is 0 Å². The highest BCUT2D eigenvalue weighted by atomic mass is 32.3. The summed E-state index contributed by atoms with van der Waals surface area (Å²) in [6.45, 7) is 10.5. The molecule has 0 saturated carbocycles. The van der Waals surface area contributed by atoms with Crippen molar-refractivity contribution in [1.29, 1.82) is 0 Å². The van der Waals surface area contributed by atoms with Crippen LogP contribution in [0.1, 0.15) is 41.0 Å². The zero-order valence-corrected chi connectivity index (χ0v) is 10.8. The molecule has 0 aromatic carbocycles. The lowest BCUT2D eigenvalue weighted by Crippen LogP contribution is -2.35. The van der Waals surface area contributed by atoms with Crippen molar-refractivity contribution < 1.29 is 16.8 Å². The average Bonchev–Trinajstić information content (AvgIpc) is 2.25. The van der Waals surface area contributed by atoms with Gasteiger partial charge in [-0.2, -0.15) is 8.42 Å². The van der Waals surface area contributed by atoms with Gasteiger partial charge >= 0.3 is 10.4 Å². The monoisotopic (exact) mass is 236 g/mol. The lowest BCUT2D eigenvalue weighted by molar-refractivity contribution is 0.0562. The third-order valence-electron chi connectivity index (χ3n) is 2.46. The molecular weight excluding hydrogens is 216 g/mol. The van der Waals surface area contributed by atoms with Crippen molar-refractivity contribution in [2.45, 2.75) is 47.1 Å². The second-order valence-corrected chi connectivity index (χ2v) is 7.25. The Kier molecular flexibility index (Phi) is 3.20. The summed E-state index contributed by atoms with van der Waals surface area (Å²) < 4.78 is 31.5. The topological polar surface area (TPSA) is 52.6 Å². The lowest BCUT2D eigenvalue weighted by Gasteiger charge is -2.34. The van der Waals surface area contributed by atoms with Crippen molar-refractivity contribution in [3.8, 4) is 0 Å². The molecule has 15 heavy (non-hydrogen) atoms. The van der Waals surface area contributed by atoms with E-state index in [2.05, 4.69) is 25.0 Å². The van der Waals surface area contributed by atoms with Crippen LogP contribution < -0.4 is 0 Å². The van der Waals surface area contributed by atoms with Gasteiger partial charge in [-0.1, -0.05) is 34.6 Å². The van der Waals surface area contributed by atoms with Gasteiger partial charge in [-0.15, -0.1) is 0 Å². The van der Waals surface area contributed by atoms with Crippen molar-refractivity contribution in [2.24, 2.45) is 10.8 Å². The van der Waals surface area contributed by atoms with Gasteiger partial charge in [-0.05, 0) is 17.3 Å². The van der Waals surface area contributed by atoms with Crippen LogP contribution in [-0.4, -0.2) is 21.1 Å². The molecule has 1 atom stereocenters. The fourth-order valence-corrected chi connectivity index (χ4v) is 3.13. The highest BCUT2D eigenvalue weighted by Gasteiger charge is 2.42. The van der Waals surface area contributed by atoms with E-state index in [0.717, 1.165) is 6.42 Å². The molecule has 1 aliphatic rings. The number of hydrogen-bond donors (Lipinski definition) is 0. The zero-order chi connectivity index (χ0) is 11.9. The van der Waals surface area contributed by atoms with Crippen molar-refractivity contribution in [3.63, 3.8) is 0 Å². The molecule has 0 bridgehead atoms. The van der Waals surface area contributed by atoms with Crippen molar-refractivity contribution in [3.05, 3.63) is 0 Å². The van der Waals surface area contributed by atoms with Crippen LogP contribution in [-0.2, 0) is 18.8 Å². The molecule has 0 spiro atoms. The van der Waals surface area contributed by atoms with E-state index in [0.29, 0.717) is 0 Å². The molecular formula is C10H20O4S. The van der Waals surface area contributed by atoms with E-state index in [4.69, 9.17) is 4.18 Å². The van der Waals surface area contributed by atoms with Crippen LogP contribution >= 0.6 is 0 Å². The van der Waals surface area contributed by atoms with Crippen LogP contribution in [0.25, 0.3) is 0 Å². The van der Waals surface area contributed by atoms with Crippen LogP contribution in [0.15, 0.2) is 0 Å². The molecule has 90 valence electrons. The molecule has 0 aromatic rings. The molecule has 0 radical (unpaired) electrons. The first-order valence-corrected chi connectivity index (χ1v) is 6.43. The normalized spacial score (nSPS) is 26.9. The molecule has 1 heterocycles. The van der Waals surface area contributed by atoms with E-state index in [-0.39, 0.29) is 23.5 Å². The highest BCUT2D eigenvalue weighted by Crippen LogP contribution is 2.39. The Balaban J connectivity index is 2.72. The van der Waals surface area contributed by atoms with Gasteiger partial charge in [-0.25, -0.2) is 8.37 Å². The van der Waals surface area contributed by atoms with Gasteiger partial charge in [0, 0.05) is 0 Å². The molecule has 1 saturated heterocycles. The van der Waals surface area contributed by atoms with Gasteiger partial charge in [0.05, 0.1) is 6.61 Å². The van der Waals surface area contributed by atoms with Crippen LogP contribution in [0, 0.1) is 10.8 Å². The van der Waals surface area contributed by atoms with E-state index in [1.54, 1.807) is 0 Å². The molecule has 1 aliphatic heterocycles. The smallest absolute Gasteiger partial charge is 0.245 e. The minimum atomic E-state index is -3.73. The van der Waals surface area contributed by atoms with Gasteiger partial charge in [0.15, 0.2) is 0 Å². The molecule has 1 fully saturated rings. The average molecular weight is 236 g/mol. The van der Waals surface area contributed by atoms with Gasteiger partial charge in [0.2, 0.25) is 0 Å². The van der Waals surface area contributed by atoms with Crippen molar-refractivity contribution in [1.82, 2.24) is 0 Å². The first-order valence-electron chi connectivity index (χ1n) is 5.10. The minimum Gasteiger partial charge on any atom is -0.245 e. The van der Waals surface area contributed by atoms with E-state index in [1.165, 1.54) is 0 Å². The molecule has 5 heteroatoms. The molecule has 0 amide bonds. The maximum atomic E-state index is 11.0. The van der Waals surface area contributed by atoms with Crippen LogP contribution in [0.4, 0.5) is 0 Å². The Morgan fingerprint density at radius 1 is 1.20 bits per heavy atom. The van der Waals surface area contributed by atoms with Gasteiger partial charge < -0.3 is 0 Å². The highest BCUT2D eigenvalue weighted by molar-refractivity contribution is 7.82. The second kappa shape index (κ2) is 3.71. The molecule has 1 rings (SSSR count). The van der Waals surface area contributed by atoms with Crippen molar-refractivity contribution in [2.75, 3.05) is 6.61 Å². The summed E-state index contributed by atoms with van der Waals surface area (Å²) in [5.74, 6) is 0. The number of rotatable bonds is 2. The van der Waals surface area contributed by atoms with Crippen molar-refractivity contribution >= 4 is 10.4 Å². The Hall–Kier alpha value is -0.130. The summed E-state index contributed by atoms with van der Waals surface area (Å²) in [4.78, 5) is 0. The summed E-state index contributed by atoms with van der Waals surface area (Å²) in [5.41, 5.74) is -0.0684. The molecule has 1 unspecified atom stereocenters. The SMILES string of the molecule is CC(C)(C)CC(C)(C)C1COS(=O)(=O)O1. The lowest BCUT2D eigenvalue weighted by atomic mass is 9.73. The first kappa shape index (κ1) is 12.9. The van der Waals surface area contributed by atoms with E-state index >= 15 is 0 Å². The number of hydrogen-bond acceptors (Lipinski definition) is 4. The Morgan fingerprint density at radius 3 is 2.07 bits per heavy atom. The maximum absolute atomic E-state index is 11.0.